The van der Waals surface area contributed by atoms with E-state index >= 15 is 0 Å². The highest BCUT2D eigenvalue weighted by molar-refractivity contribution is 7.15. The van der Waals surface area contributed by atoms with Crippen LogP contribution in [0.15, 0.2) is 24.3 Å². The van der Waals surface area contributed by atoms with Crippen LogP contribution in [0.25, 0.3) is 0 Å². The second-order valence-electron chi connectivity index (χ2n) is 9.55. The summed E-state index contributed by atoms with van der Waals surface area (Å²) in [5.74, 6) is 1.22. The summed E-state index contributed by atoms with van der Waals surface area (Å²) in [5.41, 5.74) is 1.70. The summed E-state index contributed by atoms with van der Waals surface area (Å²) in [6.45, 7) is 6.54. The van der Waals surface area contributed by atoms with Crippen LogP contribution in [0.1, 0.15) is 60.5 Å². The lowest BCUT2D eigenvalue weighted by Gasteiger charge is -2.51. The van der Waals surface area contributed by atoms with Gasteiger partial charge in [-0.25, -0.2) is 4.98 Å². The van der Waals surface area contributed by atoms with Gasteiger partial charge < -0.3 is 9.47 Å². The normalized spacial score (nSPS) is 33.7. The molecule has 0 bridgehead atoms. The molecule has 2 heterocycles. The van der Waals surface area contributed by atoms with Crippen molar-refractivity contribution in [1.29, 1.82) is 0 Å². The first-order valence-electron chi connectivity index (χ1n) is 11.0. The fraction of sp³-hybridized carbons (Fsp3) is 0.542. The van der Waals surface area contributed by atoms with Crippen LogP contribution in [-0.2, 0) is 16.0 Å². The maximum absolute atomic E-state index is 12.7. The standard InChI is InChI=1S/C24H28N2O4S/c1-12-16-9-10-24(3)11-17-19(13(2)18(24)20(16)30-22(12)28)25-23(31-17)26-21(27)14-5-7-15(29-4)8-6-14/h5-8,12-13,16,18,20H,9-11H2,1-4H3,(H,25,26,27)/t12-,13-,16-,18+,20-,24+/m0/s1. The van der Waals surface area contributed by atoms with Crippen LogP contribution in [0.5, 0.6) is 5.75 Å². The first-order chi connectivity index (χ1) is 14.8. The SMILES string of the molecule is COc1ccc(C(=O)Nc2nc3c(s2)C[C@@]2(C)CC[C@@H]4[C@H](OC(=O)[C@H]4C)[C@H]2[C@@H]3C)cc1. The second kappa shape index (κ2) is 7.33. The van der Waals surface area contributed by atoms with E-state index in [1.807, 2.05) is 6.92 Å². The summed E-state index contributed by atoms with van der Waals surface area (Å²) in [7, 11) is 1.60. The number of benzene rings is 1. The smallest absolute Gasteiger partial charge is 0.309 e. The van der Waals surface area contributed by atoms with Gasteiger partial charge in [0.15, 0.2) is 5.13 Å². The number of fused-ring (bicyclic) bond motifs is 4. The molecule has 164 valence electrons. The Balaban J connectivity index is 1.40. The van der Waals surface area contributed by atoms with Crippen molar-refractivity contribution < 1.29 is 19.1 Å². The molecular formula is C24H28N2O4S. The summed E-state index contributed by atoms with van der Waals surface area (Å²) in [6, 6.07) is 7.04. The van der Waals surface area contributed by atoms with Crippen LogP contribution in [0, 0.1) is 23.2 Å². The monoisotopic (exact) mass is 440 g/mol. The van der Waals surface area contributed by atoms with E-state index in [4.69, 9.17) is 14.5 Å². The van der Waals surface area contributed by atoms with E-state index in [9.17, 15) is 9.59 Å². The van der Waals surface area contributed by atoms with Gasteiger partial charge in [-0.15, -0.1) is 11.3 Å². The number of hydrogen-bond acceptors (Lipinski definition) is 6. The fourth-order valence-electron chi connectivity index (χ4n) is 6.04. The van der Waals surface area contributed by atoms with E-state index in [0.29, 0.717) is 22.4 Å². The van der Waals surface area contributed by atoms with Gasteiger partial charge in [0.05, 0.1) is 18.7 Å². The molecule has 3 aliphatic rings. The number of hydrogen-bond donors (Lipinski definition) is 1. The van der Waals surface area contributed by atoms with Crippen molar-refractivity contribution in [3.63, 3.8) is 0 Å². The minimum atomic E-state index is -0.177. The highest BCUT2D eigenvalue weighted by atomic mass is 32.1. The van der Waals surface area contributed by atoms with Gasteiger partial charge in [-0.2, -0.15) is 0 Å². The van der Waals surface area contributed by atoms with Crippen LogP contribution in [0.3, 0.4) is 0 Å². The number of nitrogens with zero attached hydrogens (tertiary/aromatic N) is 1. The third kappa shape index (κ3) is 3.25. The van der Waals surface area contributed by atoms with Crippen molar-refractivity contribution in [2.75, 3.05) is 12.4 Å². The lowest BCUT2D eigenvalue weighted by atomic mass is 9.54. The predicted octanol–water partition coefficient (Wildman–Crippen LogP) is 4.66. The molecule has 0 spiro atoms. The van der Waals surface area contributed by atoms with Gasteiger partial charge in [0.25, 0.3) is 5.91 Å². The second-order valence-corrected chi connectivity index (χ2v) is 10.6. The number of nitrogens with one attached hydrogen (secondary N) is 1. The van der Waals surface area contributed by atoms with Crippen molar-refractivity contribution >= 4 is 28.3 Å². The molecule has 1 saturated heterocycles. The molecule has 1 saturated carbocycles. The van der Waals surface area contributed by atoms with Crippen LogP contribution >= 0.6 is 11.3 Å². The Labute approximate surface area is 186 Å². The maximum atomic E-state index is 12.7. The van der Waals surface area contributed by atoms with Crippen molar-refractivity contribution in [2.24, 2.45) is 23.2 Å². The molecule has 7 heteroatoms. The number of ether oxygens (including phenoxy) is 2. The Morgan fingerprint density at radius 3 is 2.71 bits per heavy atom. The number of methoxy groups -OCH3 is 1. The maximum Gasteiger partial charge on any atom is 0.309 e. The van der Waals surface area contributed by atoms with Crippen molar-refractivity contribution in [1.82, 2.24) is 4.98 Å². The molecule has 31 heavy (non-hydrogen) atoms. The number of amides is 1. The zero-order valence-corrected chi connectivity index (χ0v) is 19.1. The molecule has 6 atom stereocenters. The molecule has 1 aliphatic heterocycles. The molecule has 2 aliphatic carbocycles. The summed E-state index contributed by atoms with van der Waals surface area (Å²) in [4.78, 5) is 31.1. The van der Waals surface area contributed by atoms with Crippen LogP contribution < -0.4 is 10.1 Å². The fourth-order valence-corrected chi connectivity index (χ4v) is 7.30. The average molecular weight is 441 g/mol. The summed E-state index contributed by atoms with van der Waals surface area (Å²) in [6.07, 6.45) is 3.02. The van der Waals surface area contributed by atoms with Crippen molar-refractivity contribution in [3.05, 3.63) is 40.4 Å². The van der Waals surface area contributed by atoms with Crippen molar-refractivity contribution in [3.8, 4) is 5.75 Å². The molecule has 1 N–H and O–H groups in total. The molecule has 1 amide bonds. The Morgan fingerprint density at radius 1 is 1.26 bits per heavy atom. The van der Waals surface area contributed by atoms with E-state index < -0.39 is 0 Å². The number of aromatic nitrogens is 1. The van der Waals surface area contributed by atoms with Gasteiger partial charge in [-0.1, -0.05) is 20.8 Å². The minimum Gasteiger partial charge on any atom is -0.497 e. The van der Waals surface area contributed by atoms with Gasteiger partial charge in [0, 0.05) is 28.2 Å². The van der Waals surface area contributed by atoms with Crippen LogP contribution in [0.2, 0.25) is 0 Å². The highest BCUT2D eigenvalue weighted by Gasteiger charge is 2.58. The number of carbonyl (C=O) groups excluding carboxylic acids is 2. The average Bonchev–Trinajstić information content (AvgIpc) is 3.27. The number of rotatable bonds is 3. The Morgan fingerprint density at radius 2 is 2.00 bits per heavy atom. The number of esters is 1. The molecule has 1 aromatic heterocycles. The molecule has 2 aromatic rings. The summed E-state index contributed by atoms with van der Waals surface area (Å²) in [5, 5.41) is 3.60. The van der Waals surface area contributed by atoms with Gasteiger partial charge in [0.1, 0.15) is 11.9 Å². The zero-order chi connectivity index (χ0) is 21.9. The van der Waals surface area contributed by atoms with Gasteiger partial charge >= 0.3 is 5.97 Å². The minimum absolute atomic E-state index is 0.0158. The molecule has 0 unspecified atom stereocenters. The number of anilines is 1. The van der Waals surface area contributed by atoms with Gasteiger partial charge in [-0.05, 0) is 48.9 Å². The van der Waals surface area contributed by atoms with Gasteiger partial charge in [-0.3, -0.25) is 14.9 Å². The van der Waals surface area contributed by atoms with Gasteiger partial charge in [0.2, 0.25) is 0 Å². The van der Waals surface area contributed by atoms with Crippen molar-refractivity contribution in [2.45, 2.75) is 52.1 Å². The van der Waals surface area contributed by atoms with Crippen LogP contribution in [0.4, 0.5) is 5.13 Å². The lowest BCUT2D eigenvalue weighted by molar-refractivity contribution is -0.149. The molecule has 1 aromatic carbocycles. The molecule has 5 rings (SSSR count). The molecule has 6 nitrogen and oxygen atoms in total. The Hall–Kier alpha value is -2.41. The number of thiazole rings is 1. The van der Waals surface area contributed by atoms with Crippen LogP contribution in [-0.4, -0.2) is 30.1 Å². The highest BCUT2D eigenvalue weighted by Crippen LogP contribution is 2.59. The summed E-state index contributed by atoms with van der Waals surface area (Å²) < 4.78 is 11.1. The largest absolute Gasteiger partial charge is 0.497 e. The number of carbonyl (C=O) groups is 2. The first-order valence-corrected chi connectivity index (χ1v) is 11.8. The first kappa shape index (κ1) is 20.5. The lowest BCUT2D eigenvalue weighted by Crippen LogP contribution is -2.50. The molecule has 0 radical (unpaired) electrons. The Kier molecular flexibility index (Phi) is 4.84. The topological polar surface area (TPSA) is 77.5 Å². The predicted molar refractivity (Wildman–Crippen MR) is 119 cm³/mol. The van der Waals surface area contributed by atoms with E-state index in [1.54, 1.807) is 42.7 Å². The Bertz CT molecular complexity index is 1030. The molecular weight excluding hydrogens is 412 g/mol. The third-order valence-electron chi connectivity index (χ3n) is 7.73. The summed E-state index contributed by atoms with van der Waals surface area (Å²) >= 11 is 1.57. The molecule has 2 fully saturated rings. The van der Waals surface area contributed by atoms with E-state index in [-0.39, 0.29) is 41.1 Å². The van der Waals surface area contributed by atoms with E-state index in [0.717, 1.165) is 25.0 Å². The quantitative estimate of drug-likeness (QED) is 0.703. The third-order valence-corrected chi connectivity index (χ3v) is 8.72. The van der Waals surface area contributed by atoms with E-state index in [1.165, 1.54) is 4.88 Å². The zero-order valence-electron chi connectivity index (χ0n) is 18.3. The van der Waals surface area contributed by atoms with E-state index in [2.05, 4.69) is 19.2 Å².